The summed E-state index contributed by atoms with van der Waals surface area (Å²) in [5.74, 6) is 0.558. The molecule has 0 amide bonds. The molecule has 166 valence electrons. The maximum Gasteiger partial charge on any atom is 0.128 e. The van der Waals surface area contributed by atoms with E-state index in [1.165, 1.54) is 0 Å². The second-order valence-electron chi connectivity index (χ2n) is 7.01. The maximum atomic E-state index is 9.76. The van der Waals surface area contributed by atoms with Crippen molar-refractivity contribution in [2.75, 3.05) is 0 Å². The standard InChI is InChI=1S/2C13H9NOS.Zn.4H2/c2*15-11-7-3-1-5-9(11)13-14-10-6-2-4-8-12(10)16-13;;;;;/h2*1-8,15H;;4*1H. The fourth-order valence-corrected chi connectivity index (χ4v) is 5.28. The van der Waals surface area contributed by atoms with Crippen LogP contribution in [0, 0.1) is 0 Å². The minimum Gasteiger partial charge on any atom is -0.507 e. The van der Waals surface area contributed by atoms with Crippen molar-refractivity contribution in [1.82, 2.24) is 9.97 Å². The smallest absolute Gasteiger partial charge is 0.128 e. The minimum absolute atomic E-state index is 0. The first-order valence-corrected chi connectivity index (χ1v) is 11.6. The first kappa shape index (κ1) is 23.1. The van der Waals surface area contributed by atoms with E-state index in [9.17, 15) is 10.2 Å². The fraction of sp³-hybridized carbons (Fsp3) is 0. The zero-order chi connectivity index (χ0) is 21.9. The molecule has 2 N–H and O–H groups in total. The molecule has 2 heterocycles. The van der Waals surface area contributed by atoms with Crippen LogP contribution < -0.4 is 0 Å². The van der Waals surface area contributed by atoms with Gasteiger partial charge in [-0.15, -0.1) is 22.7 Å². The summed E-state index contributed by atoms with van der Waals surface area (Å²) in [5, 5.41) is 21.2. The molecule has 0 saturated carbocycles. The maximum absolute atomic E-state index is 9.76. The molecule has 6 rings (SSSR count). The number of benzene rings is 4. The van der Waals surface area contributed by atoms with Crippen molar-refractivity contribution >= 4 is 43.1 Å². The Hall–Kier alpha value is -3.12. The zero-order valence-corrected chi connectivity index (χ0v) is 22.2. The zero-order valence-electron chi connectivity index (χ0n) is 17.6. The van der Waals surface area contributed by atoms with E-state index in [1.807, 2.05) is 84.9 Å². The first-order valence-electron chi connectivity index (χ1n) is 9.97. The van der Waals surface area contributed by atoms with Crippen molar-refractivity contribution in [2.24, 2.45) is 0 Å². The van der Waals surface area contributed by atoms with Gasteiger partial charge in [-0.2, -0.15) is 0 Å². The molecule has 0 atom stereocenters. The molecule has 7 heteroatoms. The average molecular weight is 528 g/mol. The van der Waals surface area contributed by atoms with Crippen molar-refractivity contribution in [1.29, 1.82) is 0 Å². The van der Waals surface area contributed by atoms with Crippen molar-refractivity contribution in [3.05, 3.63) is 97.1 Å². The Bertz CT molecular complexity index is 1360. The van der Waals surface area contributed by atoms with E-state index >= 15 is 0 Å². The average Bonchev–Trinajstić information content (AvgIpc) is 3.44. The van der Waals surface area contributed by atoms with Gasteiger partial charge in [-0.1, -0.05) is 48.5 Å². The molecule has 33 heavy (non-hydrogen) atoms. The van der Waals surface area contributed by atoms with Gasteiger partial charge >= 0.3 is 0 Å². The van der Waals surface area contributed by atoms with Crippen molar-refractivity contribution < 1.29 is 35.4 Å². The Balaban J connectivity index is 0.000000617. The van der Waals surface area contributed by atoms with E-state index in [4.69, 9.17) is 0 Å². The van der Waals surface area contributed by atoms with Crippen LogP contribution in [0.4, 0.5) is 0 Å². The van der Waals surface area contributed by atoms with E-state index in [-0.39, 0.29) is 36.7 Å². The molecule has 4 aromatic carbocycles. The molecule has 0 spiro atoms. The topological polar surface area (TPSA) is 66.2 Å². The van der Waals surface area contributed by atoms with Crippen LogP contribution in [-0.4, -0.2) is 20.2 Å². The summed E-state index contributed by atoms with van der Waals surface area (Å²) in [6, 6.07) is 30.5. The Labute approximate surface area is 217 Å². The Morgan fingerprint density at radius 3 is 1.27 bits per heavy atom. The van der Waals surface area contributed by atoms with Crippen LogP contribution in [0.1, 0.15) is 5.71 Å². The molecule has 0 bridgehead atoms. The Morgan fingerprint density at radius 1 is 0.515 bits per heavy atom. The van der Waals surface area contributed by atoms with Crippen LogP contribution in [0.15, 0.2) is 97.1 Å². The molecule has 6 aromatic rings. The van der Waals surface area contributed by atoms with Gasteiger partial charge in [0.25, 0.3) is 0 Å². The third-order valence-corrected chi connectivity index (χ3v) is 7.00. The largest absolute Gasteiger partial charge is 0.507 e. The van der Waals surface area contributed by atoms with Gasteiger partial charge in [0, 0.05) is 25.2 Å². The van der Waals surface area contributed by atoms with Gasteiger partial charge in [0.05, 0.1) is 31.6 Å². The number of nitrogens with zero attached hydrogens (tertiary/aromatic N) is 2. The van der Waals surface area contributed by atoms with Gasteiger partial charge in [-0.25, -0.2) is 9.97 Å². The van der Waals surface area contributed by atoms with Gasteiger partial charge in [0.15, 0.2) is 0 Å². The number of aromatic nitrogens is 2. The second kappa shape index (κ2) is 10.2. The molecule has 0 unspecified atom stereocenters. The summed E-state index contributed by atoms with van der Waals surface area (Å²) < 4.78 is 2.28. The number of aromatic hydroxyl groups is 2. The number of thiazole rings is 2. The van der Waals surface area contributed by atoms with E-state index in [1.54, 1.807) is 34.8 Å². The SMILES string of the molecule is Oc1ccccc1-c1nc2ccccc2s1.Oc1ccccc1-c1nc2ccccc2s1.[HH].[HH].[HH].[HH].[Zn]. The third kappa shape index (κ3) is 4.96. The summed E-state index contributed by atoms with van der Waals surface area (Å²) in [6.45, 7) is 0. The number of rotatable bonds is 2. The summed E-state index contributed by atoms with van der Waals surface area (Å²) in [6.07, 6.45) is 0. The van der Waals surface area contributed by atoms with Gasteiger partial charge in [-0.05, 0) is 48.5 Å². The summed E-state index contributed by atoms with van der Waals surface area (Å²) >= 11 is 3.19. The van der Waals surface area contributed by atoms with Gasteiger partial charge in [0.2, 0.25) is 0 Å². The number of hydrogen-bond donors (Lipinski definition) is 2. The Morgan fingerprint density at radius 2 is 0.879 bits per heavy atom. The van der Waals surface area contributed by atoms with Crippen LogP contribution in [0.3, 0.4) is 0 Å². The van der Waals surface area contributed by atoms with Crippen LogP contribution in [0.5, 0.6) is 11.5 Å². The van der Waals surface area contributed by atoms with E-state index in [0.29, 0.717) is 0 Å². The number of phenolic OH excluding ortho intramolecular Hbond substituents is 2. The summed E-state index contributed by atoms with van der Waals surface area (Å²) in [7, 11) is 0. The molecule has 0 aliphatic heterocycles. The van der Waals surface area contributed by atoms with Crippen LogP contribution in [0.2, 0.25) is 0 Å². The number of hydrogen-bond acceptors (Lipinski definition) is 6. The van der Waals surface area contributed by atoms with Gasteiger partial charge in [0.1, 0.15) is 21.5 Å². The number of para-hydroxylation sites is 4. The monoisotopic (exact) mass is 526 g/mol. The van der Waals surface area contributed by atoms with Crippen LogP contribution in [-0.2, 0) is 19.5 Å². The molecule has 4 nitrogen and oxygen atoms in total. The molecule has 0 saturated heterocycles. The normalized spacial score (nSPS) is 10.4. The van der Waals surface area contributed by atoms with E-state index < -0.39 is 0 Å². The molecule has 0 aliphatic rings. The molecule has 0 radical (unpaired) electrons. The van der Waals surface area contributed by atoms with Crippen molar-refractivity contribution in [3.8, 4) is 32.6 Å². The molecular weight excluding hydrogens is 502 g/mol. The summed E-state index contributed by atoms with van der Waals surface area (Å²) in [4.78, 5) is 9.00. The Kier molecular flexibility index (Phi) is 7.14. The first-order chi connectivity index (χ1) is 15.7. The van der Waals surface area contributed by atoms with Crippen LogP contribution >= 0.6 is 22.7 Å². The molecular formula is C26H26N2O2S2Zn. The number of fused-ring (bicyclic) bond motifs is 2. The molecule has 0 fully saturated rings. The minimum atomic E-state index is 0. The van der Waals surface area contributed by atoms with E-state index in [2.05, 4.69) is 9.97 Å². The second-order valence-corrected chi connectivity index (χ2v) is 9.07. The van der Waals surface area contributed by atoms with Crippen LogP contribution in [0.25, 0.3) is 41.6 Å². The predicted octanol–water partition coefficient (Wildman–Crippen LogP) is 8.32. The molecule has 0 aliphatic carbocycles. The molecule has 2 aromatic heterocycles. The number of phenols is 2. The fourth-order valence-electron chi connectivity index (χ4n) is 3.28. The predicted molar refractivity (Wildman–Crippen MR) is 142 cm³/mol. The van der Waals surface area contributed by atoms with Gasteiger partial charge in [-0.3, -0.25) is 0 Å². The quantitative estimate of drug-likeness (QED) is 0.222. The van der Waals surface area contributed by atoms with E-state index in [0.717, 1.165) is 41.6 Å². The van der Waals surface area contributed by atoms with Gasteiger partial charge < -0.3 is 10.2 Å². The third-order valence-electron chi connectivity index (χ3n) is 4.86. The van der Waals surface area contributed by atoms with Crippen molar-refractivity contribution in [3.63, 3.8) is 0 Å². The summed E-state index contributed by atoms with van der Waals surface area (Å²) in [5.41, 5.74) is 3.55. The van der Waals surface area contributed by atoms with Crippen molar-refractivity contribution in [2.45, 2.75) is 0 Å².